The van der Waals surface area contributed by atoms with Crippen LogP contribution in [0.4, 0.5) is 13.2 Å². The molecule has 2 aromatic carbocycles. The van der Waals surface area contributed by atoms with E-state index in [0.29, 0.717) is 37.2 Å². The van der Waals surface area contributed by atoms with E-state index in [0.717, 1.165) is 5.56 Å². The van der Waals surface area contributed by atoms with Gasteiger partial charge in [0.1, 0.15) is 12.4 Å². The fraction of sp³-hybridized carbons (Fsp3) is 0.519. The molecule has 2 heterocycles. The lowest BCUT2D eigenvalue weighted by Gasteiger charge is -2.50. The summed E-state index contributed by atoms with van der Waals surface area (Å²) in [5.74, 6) is 0.417. The molecule has 0 aromatic heterocycles. The zero-order chi connectivity index (χ0) is 26.0. The van der Waals surface area contributed by atoms with Crippen molar-refractivity contribution in [3.05, 3.63) is 65.7 Å². The van der Waals surface area contributed by atoms with Crippen molar-refractivity contribution in [1.29, 1.82) is 0 Å². The Morgan fingerprint density at radius 2 is 1.75 bits per heavy atom. The number of halogens is 3. The standard InChI is InChI=1S/C27H33F3N2O4.H2/c1-25(2,34)19-35-22-10-8-21(9-11-22)24(33)32-14-12-26(13-15-32)17-31(18-27(28,29)30)16-23(36-26)20-6-4-3-5-7-20;/h3-11,23,34H,12-19H2,1-2H3;1H. The van der Waals surface area contributed by atoms with Gasteiger partial charge in [0.2, 0.25) is 0 Å². The molecule has 0 aliphatic carbocycles. The third kappa shape index (κ3) is 6.99. The lowest BCUT2D eigenvalue weighted by molar-refractivity contribution is -0.205. The maximum atomic E-state index is 13.3. The Labute approximate surface area is 211 Å². The summed E-state index contributed by atoms with van der Waals surface area (Å²) in [5, 5.41) is 9.80. The van der Waals surface area contributed by atoms with Crippen molar-refractivity contribution in [2.24, 2.45) is 0 Å². The highest BCUT2D eigenvalue weighted by atomic mass is 19.4. The van der Waals surface area contributed by atoms with E-state index >= 15 is 0 Å². The molecule has 2 aliphatic heterocycles. The van der Waals surface area contributed by atoms with Gasteiger partial charge in [-0.15, -0.1) is 0 Å². The highest BCUT2D eigenvalue weighted by Crippen LogP contribution is 2.39. The molecule has 6 nitrogen and oxygen atoms in total. The molecule has 9 heteroatoms. The van der Waals surface area contributed by atoms with Crippen LogP contribution in [-0.4, -0.2) is 77.5 Å². The number of carbonyl (C=O) groups is 1. The minimum atomic E-state index is -4.29. The lowest BCUT2D eigenvalue weighted by Crippen LogP contribution is -2.59. The SMILES string of the molecule is CC(C)(O)COc1ccc(C(=O)N2CCC3(CC2)CN(CC(F)(F)F)CC(c2ccccc2)O3)cc1.[HH]. The highest BCUT2D eigenvalue weighted by Gasteiger charge is 2.46. The average molecular weight is 509 g/mol. The Morgan fingerprint density at radius 3 is 2.33 bits per heavy atom. The minimum Gasteiger partial charge on any atom is -0.491 e. The summed E-state index contributed by atoms with van der Waals surface area (Å²) < 4.78 is 51.8. The first-order chi connectivity index (χ1) is 16.9. The molecule has 4 rings (SSSR count). The van der Waals surface area contributed by atoms with E-state index < -0.39 is 30.0 Å². The number of benzene rings is 2. The fourth-order valence-corrected chi connectivity index (χ4v) is 4.83. The number of carbonyl (C=O) groups excluding carboxylic acids is 1. The van der Waals surface area contributed by atoms with E-state index in [1.807, 2.05) is 30.3 Å². The van der Waals surface area contributed by atoms with E-state index in [1.165, 1.54) is 4.90 Å². The van der Waals surface area contributed by atoms with Crippen molar-refractivity contribution < 1.29 is 34.0 Å². The Balaban J connectivity index is 0.00000380. The van der Waals surface area contributed by atoms with Gasteiger partial charge >= 0.3 is 6.18 Å². The van der Waals surface area contributed by atoms with Crippen LogP contribution in [0.5, 0.6) is 5.75 Å². The molecule has 0 saturated carbocycles. The Kier molecular flexibility index (Phi) is 7.64. The fourth-order valence-electron chi connectivity index (χ4n) is 4.83. The van der Waals surface area contributed by atoms with Gasteiger partial charge in [-0.2, -0.15) is 13.2 Å². The molecule has 0 bridgehead atoms. The predicted molar refractivity (Wildman–Crippen MR) is 131 cm³/mol. The molecule has 0 radical (unpaired) electrons. The summed E-state index contributed by atoms with van der Waals surface area (Å²) in [6, 6.07) is 16.1. The first kappa shape index (κ1) is 26.4. The number of hydrogen-bond acceptors (Lipinski definition) is 5. The molecular weight excluding hydrogens is 473 g/mol. The number of amides is 1. The zero-order valence-corrected chi connectivity index (χ0v) is 20.6. The molecule has 36 heavy (non-hydrogen) atoms. The first-order valence-corrected chi connectivity index (χ1v) is 12.2. The number of nitrogens with zero attached hydrogens (tertiary/aromatic N) is 2. The van der Waals surface area contributed by atoms with Gasteiger partial charge in [0.05, 0.1) is 23.9 Å². The van der Waals surface area contributed by atoms with Crippen LogP contribution in [0, 0.1) is 0 Å². The molecule has 1 N–H and O–H groups in total. The number of likely N-dealkylation sites (tertiary alicyclic amines) is 1. The number of alkyl halides is 3. The number of morpholine rings is 1. The number of hydrogen-bond donors (Lipinski definition) is 1. The van der Waals surface area contributed by atoms with E-state index in [4.69, 9.17) is 9.47 Å². The molecule has 2 aromatic rings. The molecule has 1 atom stereocenters. The topological polar surface area (TPSA) is 62.2 Å². The van der Waals surface area contributed by atoms with Crippen LogP contribution in [0.15, 0.2) is 54.6 Å². The van der Waals surface area contributed by atoms with E-state index in [9.17, 15) is 23.1 Å². The maximum Gasteiger partial charge on any atom is 0.401 e. The Hall–Kier alpha value is -2.62. The predicted octanol–water partition coefficient (Wildman–Crippen LogP) is 4.69. The average Bonchev–Trinajstić information content (AvgIpc) is 2.82. The normalized spacial score (nSPS) is 20.9. The number of ether oxygens (including phenoxy) is 2. The third-order valence-corrected chi connectivity index (χ3v) is 6.56. The zero-order valence-electron chi connectivity index (χ0n) is 20.6. The molecule has 2 fully saturated rings. The van der Waals surface area contributed by atoms with Gasteiger partial charge in [-0.05, 0) is 56.5 Å². The summed E-state index contributed by atoms with van der Waals surface area (Å²) in [7, 11) is 0. The monoisotopic (exact) mass is 508 g/mol. The van der Waals surface area contributed by atoms with E-state index in [2.05, 4.69) is 0 Å². The minimum absolute atomic E-state index is 0. The smallest absolute Gasteiger partial charge is 0.401 e. The molecule has 1 unspecified atom stereocenters. The van der Waals surface area contributed by atoms with Crippen molar-refractivity contribution in [3.63, 3.8) is 0 Å². The van der Waals surface area contributed by atoms with Crippen molar-refractivity contribution in [3.8, 4) is 5.75 Å². The summed E-state index contributed by atoms with van der Waals surface area (Å²) in [4.78, 5) is 16.2. The van der Waals surface area contributed by atoms with Crippen LogP contribution >= 0.6 is 0 Å². The lowest BCUT2D eigenvalue weighted by atomic mass is 9.87. The van der Waals surface area contributed by atoms with E-state index in [-0.39, 0.29) is 27.0 Å². The summed E-state index contributed by atoms with van der Waals surface area (Å²) in [6.45, 7) is 3.61. The van der Waals surface area contributed by atoms with Crippen molar-refractivity contribution >= 4 is 5.91 Å². The van der Waals surface area contributed by atoms with Gasteiger partial charge < -0.3 is 19.5 Å². The number of aliphatic hydroxyl groups is 1. The van der Waals surface area contributed by atoms with Gasteiger partial charge in [-0.1, -0.05) is 30.3 Å². The summed E-state index contributed by atoms with van der Waals surface area (Å²) in [5.41, 5.74) is -0.342. The van der Waals surface area contributed by atoms with Crippen LogP contribution < -0.4 is 4.74 Å². The second kappa shape index (κ2) is 10.4. The molecule has 198 valence electrons. The molecular formula is C27H35F3N2O4. The summed E-state index contributed by atoms with van der Waals surface area (Å²) >= 11 is 0. The van der Waals surface area contributed by atoms with Crippen LogP contribution in [0.1, 0.15) is 50.1 Å². The number of piperidine rings is 1. The Bertz CT molecular complexity index is 1020. The second-order valence-corrected chi connectivity index (χ2v) is 10.4. The second-order valence-electron chi connectivity index (χ2n) is 10.4. The largest absolute Gasteiger partial charge is 0.491 e. The van der Waals surface area contributed by atoms with Crippen LogP contribution in [0.2, 0.25) is 0 Å². The molecule has 2 aliphatic rings. The van der Waals surface area contributed by atoms with Gasteiger partial charge in [-0.25, -0.2) is 0 Å². The third-order valence-electron chi connectivity index (χ3n) is 6.56. The Morgan fingerprint density at radius 1 is 1.11 bits per heavy atom. The molecule has 1 spiro atoms. The maximum absolute atomic E-state index is 13.3. The van der Waals surface area contributed by atoms with Crippen LogP contribution in [-0.2, 0) is 4.74 Å². The quantitative estimate of drug-likeness (QED) is 0.613. The first-order valence-electron chi connectivity index (χ1n) is 12.2. The highest BCUT2D eigenvalue weighted by molar-refractivity contribution is 5.94. The molecule has 2 saturated heterocycles. The van der Waals surface area contributed by atoms with E-state index in [1.54, 1.807) is 43.0 Å². The van der Waals surface area contributed by atoms with Crippen LogP contribution in [0.3, 0.4) is 0 Å². The van der Waals surface area contributed by atoms with Gasteiger partial charge in [0, 0.05) is 33.2 Å². The molecule has 1 amide bonds. The summed E-state index contributed by atoms with van der Waals surface area (Å²) in [6.07, 6.45) is -3.83. The van der Waals surface area contributed by atoms with Gasteiger partial charge in [-0.3, -0.25) is 9.69 Å². The van der Waals surface area contributed by atoms with Gasteiger partial charge in [0.25, 0.3) is 5.91 Å². The number of rotatable bonds is 6. The van der Waals surface area contributed by atoms with Crippen molar-refractivity contribution in [2.45, 2.75) is 50.2 Å². The van der Waals surface area contributed by atoms with Gasteiger partial charge in [0.15, 0.2) is 0 Å². The van der Waals surface area contributed by atoms with Crippen molar-refractivity contribution in [1.82, 2.24) is 9.80 Å². The van der Waals surface area contributed by atoms with Crippen molar-refractivity contribution in [2.75, 3.05) is 39.3 Å². The van der Waals surface area contributed by atoms with Crippen LogP contribution in [0.25, 0.3) is 0 Å².